The lowest BCUT2D eigenvalue weighted by Crippen LogP contribution is -2.61. The highest BCUT2D eigenvalue weighted by molar-refractivity contribution is 6.00. The van der Waals surface area contributed by atoms with Gasteiger partial charge >= 0.3 is 0 Å². The molecular formula is C66H82N16O14. The van der Waals surface area contributed by atoms with Crippen molar-refractivity contribution in [2.45, 2.75) is 132 Å². The van der Waals surface area contributed by atoms with Crippen LogP contribution < -0.4 is 81.8 Å². The number of carbonyl (C=O) groups is 12. The first-order chi connectivity index (χ1) is 45.8. The normalized spacial score (nSPS) is 21.2. The zero-order valence-corrected chi connectivity index (χ0v) is 52.7. The maximum absolute atomic E-state index is 14.9. The summed E-state index contributed by atoms with van der Waals surface area (Å²) in [6.45, 7) is 0.428. The van der Waals surface area contributed by atoms with E-state index in [1.165, 1.54) is 55.5 Å². The minimum absolute atomic E-state index is 0.0282. The third kappa shape index (κ3) is 24.6. The molecule has 1 aliphatic rings. The first-order valence-electron chi connectivity index (χ1n) is 30.9. The number of hydrogen-bond donors (Lipinski definition) is 17. The summed E-state index contributed by atoms with van der Waals surface area (Å²) in [5, 5.41) is 45.4. The van der Waals surface area contributed by atoms with Crippen molar-refractivity contribution in [3.63, 3.8) is 0 Å². The van der Waals surface area contributed by atoms with Crippen LogP contribution in [0, 0.1) is 0 Å². The van der Waals surface area contributed by atoms with Crippen molar-refractivity contribution >= 4 is 76.8 Å². The number of benzene rings is 5. The van der Waals surface area contributed by atoms with Crippen LogP contribution in [0.5, 0.6) is 11.5 Å². The van der Waals surface area contributed by atoms with Crippen molar-refractivity contribution in [3.05, 3.63) is 167 Å². The molecule has 12 amide bonds. The van der Waals surface area contributed by atoms with Crippen molar-refractivity contribution in [2.75, 3.05) is 13.1 Å². The molecule has 22 N–H and O–H groups in total. The number of aromatic hydroxyl groups is 2. The van der Waals surface area contributed by atoms with Crippen molar-refractivity contribution < 1.29 is 67.7 Å². The fourth-order valence-corrected chi connectivity index (χ4v) is 10.1. The Labute approximate surface area is 552 Å². The number of aliphatic imine (C=N–C) groups is 1. The molecule has 5 aromatic rings. The van der Waals surface area contributed by atoms with Crippen LogP contribution in [0.25, 0.3) is 0 Å². The lowest BCUT2D eigenvalue weighted by molar-refractivity contribution is -0.136. The van der Waals surface area contributed by atoms with Gasteiger partial charge in [-0.1, -0.05) is 115 Å². The van der Waals surface area contributed by atoms with E-state index in [1.54, 1.807) is 91.0 Å². The van der Waals surface area contributed by atoms with Crippen molar-refractivity contribution in [1.82, 2.24) is 53.2 Å². The van der Waals surface area contributed by atoms with Gasteiger partial charge in [0, 0.05) is 45.2 Å². The van der Waals surface area contributed by atoms with Crippen LogP contribution in [0.15, 0.2) is 145 Å². The molecule has 6 rings (SSSR count). The number of carbonyl (C=O) groups excluding carboxylic acids is 12. The Morgan fingerprint density at radius 1 is 0.531 bits per heavy atom. The zero-order valence-electron chi connectivity index (χ0n) is 52.7. The number of nitrogens with two attached hydrogens (primary N) is 5. The number of hydrogen-bond acceptors (Lipinski definition) is 16. The number of phenolic OH excluding ortho intramolecular Hbond substituents is 2. The number of nitrogens with one attached hydrogen (secondary N) is 10. The Hall–Kier alpha value is -11.4. The van der Waals surface area contributed by atoms with E-state index in [0.29, 0.717) is 27.8 Å². The molecule has 0 unspecified atom stereocenters. The average Bonchev–Trinajstić information content (AvgIpc) is 0.891. The van der Waals surface area contributed by atoms with Crippen LogP contribution in [0.2, 0.25) is 0 Å². The van der Waals surface area contributed by atoms with Crippen LogP contribution in [-0.2, 0) is 89.6 Å². The maximum atomic E-state index is 14.9. The highest BCUT2D eigenvalue weighted by Gasteiger charge is 2.36. The molecule has 1 aliphatic heterocycles. The molecule has 96 heavy (non-hydrogen) atoms. The summed E-state index contributed by atoms with van der Waals surface area (Å²) >= 11 is 0. The van der Waals surface area contributed by atoms with Crippen LogP contribution in [-0.4, -0.2) is 161 Å². The Morgan fingerprint density at radius 2 is 0.969 bits per heavy atom. The van der Waals surface area contributed by atoms with Gasteiger partial charge in [0.05, 0.1) is 12.5 Å². The highest BCUT2D eigenvalue weighted by Crippen LogP contribution is 2.16. The molecule has 30 nitrogen and oxygen atoms in total. The zero-order chi connectivity index (χ0) is 69.8. The predicted molar refractivity (Wildman–Crippen MR) is 350 cm³/mol. The van der Waals surface area contributed by atoms with Crippen molar-refractivity contribution in [2.24, 2.45) is 33.7 Å². The topological polar surface area (TPSA) is 508 Å². The van der Waals surface area contributed by atoms with E-state index in [4.69, 9.17) is 28.7 Å². The van der Waals surface area contributed by atoms with Gasteiger partial charge in [0.15, 0.2) is 5.96 Å². The molecule has 1 saturated heterocycles. The first-order valence-corrected chi connectivity index (χ1v) is 30.9. The smallest absolute Gasteiger partial charge is 0.245 e. The summed E-state index contributed by atoms with van der Waals surface area (Å²) < 4.78 is 0. The molecule has 30 heteroatoms. The number of primary amides is 2. The van der Waals surface area contributed by atoms with Gasteiger partial charge in [0.25, 0.3) is 0 Å². The maximum Gasteiger partial charge on any atom is 0.245 e. The monoisotopic (exact) mass is 1320 g/mol. The van der Waals surface area contributed by atoms with Gasteiger partial charge in [-0.25, -0.2) is 0 Å². The molecule has 10 atom stereocenters. The second-order valence-corrected chi connectivity index (χ2v) is 23.0. The largest absolute Gasteiger partial charge is 0.508 e. The van der Waals surface area contributed by atoms with E-state index in [-0.39, 0.29) is 68.9 Å². The van der Waals surface area contributed by atoms with Gasteiger partial charge in [-0.05, 0) is 84.7 Å². The van der Waals surface area contributed by atoms with Crippen molar-refractivity contribution in [1.29, 1.82) is 0 Å². The molecule has 1 fully saturated rings. The van der Waals surface area contributed by atoms with Gasteiger partial charge < -0.3 is 92.0 Å². The number of nitrogens with zero attached hydrogens (tertiary/aromatic N) is 1. The fraction of sp³-hybridized carbons (Fsp3) is 0.348. The van der Waals surface area contributed by atoms with Crippen LogP contribution in [0.4, 0.5) is 0 Å². The summed E-state index contributed by atoms with van der Waals surface area (Å²) in [5.74, 6) is -12.5. The van der Waals surface area contributed by atoms with E-state index >= 15 is 0 Å². The fourth-order valence-electron chi connectivity index (χ4n) is 10.1. The Bertz CT molecular complexity index is 3550. The van der Waals surface area contributed by atoms with Gasteiger partial charge in [-0.15, -0.1) is 0 Å². The second kappa shape index (κ2) is 36.7. The number of phenols is 2. The molecule has 5 aromatic carbocycles. The average molecular weight is 1320 g/mol. The Morgan fingerprint density at radius 3 is 1.45 bits per heavy atom. The molecule has 0 aromatic heterocycles. The van der Waals surface area contributed by atoms with Gasteiger partial charge in [0.2, 0.25) is 70.9 Å². The minimum Gasteiger partial charge on any atom is -0.508 e. The van der Waals surface area contributed by atoms with Crippen LogP contribution >= 0.6 is 0 Å². The van der Waals surface area contributed by atoms with Gasteiger partial charge in [-0.2, -0.15) is 0 Å². The van der Waals surface area contributed by atoms with Gasteiger partial charge in [0.1, 0.15) is 65.9 Å². The molecule has 0 bridgehead atoms. The summed E-state index contributed by atoms with van der Waals surface area (Å²) in [5.41, 5.74) is 31.5. The van der Waals surface area contributed by atoms with Gasteiger partial charge in [-0.3, -0.25) is 62.5 Å². The third-order valence-corrected chi connectivity index (χ3v) is 15.3. The number of amides is 12. The molecular weight excluding hydrogens is 1240 g/mol. The van der Waals surface area contributed by atoms with E-state index in [0.717, 1.165) is 0 Å². The van der Waals surface area contributed by atoms with E-state index in [1.807, 2.05) is 0 Å². The number of rotatable bonds is 21. The minimum atomic E-state index is -1.80. The molecule has 0 spiro atoms. The lowest BCUT2D eigenvalue weighted by Gasteiger charge is -2.28. The highest BCUT2D eigenvalue weighted by atomic mass is 16.3. The molecule has 1 heterocycles. The lowest BCUT2D eigenvalue weighted by atomic mass is 10.0. The van der Waals surface area contributed by atoms with E-state index in [9.17, 15) is 67.7 Å². The van der Waals surface area contributed by atoms with E-state index in [2.05, 4.69) is 58.2 Å². The third-order valence-electron chi connectivity index (χ3n) is 15.3. The quantitative estimate of drug-likeness (QED) is 0.0194. The van der Waals surface area contributed by atoms with Crippen LogP contribution in [0.1, 0.15) is 66.8 Å². The van der Waals surface area contributed by atoms with Crippen molar-refractivity contribution in [3.8, 4) is 11.5 Å². The Kier molecular flexibility index (Phi) is 28.2. The number of guanidine groups is 1. The Balaban J connectivity index is 1.44. The molecule has 0 aliphatic carbocycles. The van der Waals surface area contributed by atoms with Crippen LogP contribution in [0.3, 0.4) is 0 Å². The summed E-state index contributed by atoms with van der Waals surface area (Å²) in [4.78, 5) is 175. The summed E-state index contributed by atoms with van der Waals surface area (Å²) in [6, 6.07) is 20.5. The second-order valence-electron chi connectivity index (χ2n) is 23.0. The SMILES string of the molecule is C[C@@H]1NC(=O)[C@H](CC(N)=O)NC(=O)[C@H](Cc2ccccc2)NC(=O)[C@H](Cc2ccccc2)NC(=O)[C@H](CCCN=C(N)N)NC(=O)[C@@H](NC(=O)[C@@H](N)Cc2ccc(O)cc2)CCC(=O)NC[C@@H](C(=O)N[C@@H](Cc2ccc(O)cc2)C(N)=O)NC(=O)[C@H](Cc2ccccc2)NC1=O. The molecule has 510 valence electrons. The predicted octanol–water partition coefficient (Wildman–Crippen LogP) is -3.35. The standard InChI is InChI=1S/C66H82N16O14/c1-37-57(88)78-49(32-38-12-5-2-6-13-38)64(95)82-53(65(96)77-48(56(69)87)31-42-21-25-44(84)26-22-42)36-73-55(86)28-27-47(75-58(89)45(67)30-41-19-23-43(83)24-20-41)60(91)76-46(18-11-29-72-66(70)71)59(90)79-50(33-39-14-7-3-8-15-39)62(93)80-51(34-40-16-9-4-10-17-40)63(94)81-52(35-54(68)85)61(92)74-37/h2-10,12-17,19-26,37,45-53,83-84H,11,18,27-36,67H2,1H3,(H2,68,85)(H2,69,87)(H,73,86)(H,74,92)(H,75,89)(H,76,91)(H,77,96)(H,78,88)(H,79,90)(H,80,93)(H,81,94)(H,82,95)(H4,70,71,72)/t37-,45-,46-,47-,48-,49-,50-,51-,52-,53-/m0/s1. The summed E-state index contributed by atoms with van der Waals surface area (Å²) in [7, 11) is 0. The summed E-state index contributed by atoms with van der Waals surface area (Å²) in [6.07, 6.45) is -3.18. The first kappa shape index (κ1) is 73.6. The molecule has 0 radical (unpaired) electrons. The van der Waals surface area contributed by atoms with E-state index < -0.39 is 157 Å². The molecule has 0 saturated carbocycles.